The summed E-state index contributed by atoms with van der Waals surface area (Å²) in [6.07, 6.45) is 5.87. The van der Waals surface area contributed by atoms with E-state index in [0.29, 0.717) is 29.4 Å². The van der Waals surface area contributed by atoms with E-state index >= 15 is 0 Å². The van der Waals surface area contributed by atoms with E-state index in [4.69, 9.17) is 4.74 Å². The molecular weight excluding hydrogens is 378 g/mol. The zero-order valence-electron chi connectivity index (χ0n) is 15.4. The molecule has 8 heteroatoms. The zero-order chi connectivity index (χ0) is 20.1. The Labute approximate surface area is 163 Å². The smallest absolute Gasteiger partial charge is 0.259 e. The first-order valence-electron chi connectivity index (χ1n) is 8.54. The van der Waals surface area contributed by atoms with E-state index in [1.54, 1.807) is 47.6 Å². The Bertz CT molecular complexity index is 1050. The maximum atomic E-state index is 12.7. The highest BCUT2D eigenvalue weighted by Crippen LogP contribution is 2.22. The average molecular weight is 397 g/mol. The minimum absolute atomic E-state index is 0.188. The maximum absolute atomic E-state index is 12.7. The normalized spacial score (nSPS) is 11.1. The van der Waals surface area contributed by atoms with Crippen LogP contribution in [0.3, 0.4) is 0 Å². The summed E-state index contributed by atoms with van der Waals surface area (Å²) in [6, 6.07) is 12.9. The minimum atomic E-state index is -3.26. The molecule has 0 fully saturated rings. The third kappa shape index (κ3) is 4.52. The Morgan fingerprint density at radius 1 is 1.07 bits per heavy atom. The SMILES string of the molecule is CCN(C(=O)c1ccc(Oc2ccc(S(C)(=O)=O)cc2)nc1)c1cccnc1. The molecule has 28 heavy (non-hydrogen) atoms. The van der Waals surface area contributed by atoms with E-state index < -0.39 is 9.84 Å². The number of pyridine rings is 2. The number of amides is 1. The lowest BCUT2D eigenvalue weighted by molar-refractivity contribution is 0.0988. The van der Waals surface area contributed by atoms with Gasteiger partial charge in [0.25, 0.3) is 5.91 Å². The number of hydrogen-bond acceptors (Lipinski definition) is 6. The number of rotatable bonds is 6. The Hall–Kier alpha value is -3.26. The number of ether oxygens (including phenoxy) is 1. The second-order valence-electron chi connectivity index (χ2n) is 5.99. The van der Waals surface area contributed by atoms with Crippen LogP contribution in [0.4, 0.5) is 5.69 Å². The lowest BCUT2D eigenvalue weighted by atomic mass is 10.2. The molecule has 0 unspecified atom stereocenters. The summed E-state index contributed by atoms with van der Waals surface area (Å²) in [4.78, 5) is 22.8. The van der Waals surface area contributed by atoms with Crippen molar-refractivity contribution in [2.24, 2.45) is 0 Å². The summed E-state index contributed by atoms with van der Waals surface area (Å²) in [7, 11) is -3.26. The zero-order valence-corrected chi connectivity index (χ0v) is 16.3. The van der Waals surface area contributed by atoms with Crippen LogP contribution in [0.15, 0.2) is 72.0 Å². The van der Waals surface area contributed by atoms with Crippen molar-refractivity contribution in [3.8, 4) is 11.6 Å². The molecule has 0 bridgehead atoms. The molecule has 0 saturated heterocycles. The van der Waals surface area contributed by atoms with Gasteiger partial charge in [0.1, 0.15) is 5.75 Å². The Morgan fingerprint density at radius 2 is 1.82 bits per heavy atom. The van der Waals surface area contributed by atoms with Crippen molar-refractivity contribution < 1.29 is 17.9 Å². The first kappa shape index (κ1) is 19.5. The summed E-state index contributed by atoms with van der Waals surface area (Å²) < 4.78 is 28.6. The van der Waals surface area contributed by atoms with Crippen LogP contribution in [0.2, 0.25) is 0 Å². The molecule has 1 amide bonds. The summed E-state index contributed by atoms with van der Waals surface area (Å²) >= 11 is 0. The number of carbonyl (C=O) groups is 1. The van der Waals surface area contributed by atoms with Gasteiger partial charge in [-0.3, -0.25) is 9.78 Å². The third-order valence-electron chi connectivity index (χ3n) is 3.98. The second-order valence-corrected chi connectivity index (χ2v) is 8.01. The van der Waals surface area contributed by atoms with E-state index in [0.717, 1.165) is 6.26 Å². The molecule has 0 radical (unpaired) electrons. The minimum Gasteiger partial charge on any atom is -0.439 e. The molecule has 2 aromatic heterocycles. The van der Waals surface area contributed by atoms with Crippen molar-refractivity contribution in [3.05, 3.63) is 72.7 Å². The van der Waals surface area contributed by atoms with Crippen LogP contribution in [0.25, 0.3) is 0 Å². The molecule has 0 aliphatic heterocycles. The molecule has 0 N–H and O–H groups in total. The van der Waals surface area contributed by atoms with E-state index in [1.165, 1.54) is 18.3 Å². The van der Waals surface area contributed by atoms with Crippen molar-refractivity contribution in [1.29, 1.82) is 0 Å². The Balaban J connectivity index is 1.73. The highest BCUT2D eigenvalue weighted by atomic mass is 32.2. The Morgan fingerprint density at radius 3 is 2.36 bits per heavy atom. The molecule has 1 aromatic carbocycles. The molecule has 0 saturated carbocycles. The van der Waals surface area contributed by atoms with Gasteiger partial charge in [0, 0.05) is 31.3 Å². The number of anilines is 1. The molecular formula is C20H19N3O4S. The van der Waals surface area contributed by atoms with Crippen LogP contribution in [-0.2, 0) is 9.84 Å². The van der Waals surface area contributed by atoms with Crippen molar-refractivity contribution in [3.63, 3.8) is 0 Å². The van der Waals surface area contributed by atoms with Gasteiger partial charge in [-0.25, -0.2) is 13.4 Å². The fourth-order valence-corrected chi connectivity index (χ4v) is 3.19. The number of carbonyl (C=O) groups excluding carboxylic acids is 1. The quantitative estimate of drug-likeness (QED) is 0.634. The van der Waals surface area contributed by atoms with Crippen LogP contribution in [0, 0.1) is 0 Å². The predicted octanol–water partition coefficient (Wildman–Crippen LogP) is 3.34. The summed E-state index contributed by atoms with van der Waals surface area (Å²) in [5.74, 6) is 0.560. The monoisotopic (exact) mass is 397 g/mol. The number of aromatic nitrogens is 2. The fourth-order valence-electron chi connectivity index (χ4n) is 2.56. The summed E-state index contributed by atoms with van der Waals surface area (Å²) in [6.45, 7) is 2.38. The van der Waals surface area contributed by atoms with Gasteiger partial charge in [0.2, 0.25) is 5.88 Å². The van der Waals surface area contributed by atoms with Crippen molar-refractivity contribution in [2.45, 2.75) is 11.8 Å². The molecule has 3 rings (SSSR count). The third-order valence-corrected chi connectivity index (χ3v) is 5.11. The summed E-state index contributed by atoms with van der Waals surface area (Å²) in [5, 5.41) is 0. The van der Waals surface area contributed by atoms with Crippen molar-refractivity contribution in [2.75, 3.05) is 17.7 Å². The van der Waals surface area contributed by atoms with Crippen LogP contribution >= 0.6 is 0 Å². The molecule has 7 nitrogen and oxygen atoms in total. The van der Waals surface area contributed by atoms with Gasteiger partial charge >= 0.3 is 0 Å². The second kappa shape index (κ2) is 8.18. The van der Waals surface area contributed by atoms with Crippen LogP contribution < -0.4 is 9.64 Å². The fraction of sp³-hybridized carbons (Fsp3) is 0.150. The number of sulfone groups is 1. The average Bonchev–Trinajstić information content (AvgIpc) is 2.69. The molecule has 3 aromatic rings. The lowest BCUT2D eigenvalue weighted by Gasteiger charge is -2.20. The molecule has 0 aliphatic rings. The van der Waals surface area contributed by atoms with E-state index in [2.05, 4.69) is 9.97 Å². The topological polar surface area (TPSA) is 89.5 Å². The van der Waals surface area contributed by atoms with Gasteiger partial charge < -0.3 is 9.64 Å². The Kier molecular flexibility index (Phi) is 5.70. The molecule has 2 heterocycles. The van der Waals surface area contributed by atoms with Gasteiger partial charge in [-0.2, -0.15) is 0 Å². The van der Waals surface area contributed by atoms with Crippen LogP contribution in [0.1, 0.15) is 17.3 Å². The van der Waals surface area contributed by atoms with Gasteiger partial charge in [-0.1, -0.05) is 0 Å². The highest BCUT2D eigenvalue weighted by molar-refractivity contribution is 7.90. The molecule has 144 valence electrons. The van der Waals surface area contributed by atoms with E-state index in [-0.39, 0.29) is 10.8 Å². The van der Waals surface area contributed by atoms with E-state index in [1.807, 2.05) is 13.0 Å². The van der Waals surface area contributed by atoms with Gasteiger partial charge in [-0.15, -0.1) is 0 Å². The van der Waals surface area contributed by atoms with Gasteiger partial charge in [0.05, 0.1) is 22.3 Å². The molecule has 0 atom stereocenters. The molecule has 0 aliphatic carbocycles. The summed E-state index contributed by atoms with van der Waals surface area (Å²) in [5.41, 5.74) is 1.13. The highest BCUT2D eigenvalue weighted by Gasteiger charge is 2.17. The maximum Gasteiger partial charge on any atom is 0.259 e. The number of hydrogen-bond donors (Lipinski definition) is 0. The van der Waals surface area contributed by atoms with E-state index in [9.17, 15) is 13.2 Å². The lowest BCUT2D eigenvalue weighted by Crippen LogP contribution is -2.30. The van der Waals surface area contributed by atoms with Crippen molar-refractivity contribution in [1.82, 2.24) is 9.97 Å². The van der Waals surface area contributed by atoms with Crippen molar-refractivity contribution >= 4 is 21.4 Å². The number of nitrogens with zero attached hydrogens (tertiary/aromatic N) is 3. The predicted molar refractivity (Wildman–Crippen MR) is 105 cm³/mol. The first-order chi connectivity index (χ1) is 13.4. The first-order valence-corrected chi connectivity index (χ1v) is 10.4. The van der Waals surface area contributed by atoms with Crippen LogP contribution in [0.5, 0.6) is 11.6 Å². The van der Waals surface area contributed by atoms with Crippen LogP contribution in [-0.4, -0.2) is 37.1 Å². The number of benzene rings is 1. The largest absolute Gasteiger partial charge is 0.439 e. The molecule has 0 spiro atoms. The van der Waals surface area contributed by atoms with Gasteiger partial charge in [-0.05, 0) is 49.4 Å². The standard InChI is InChI=1S/C20H19N3O4S/c1-3-23(16-5-4-12-21-14-16)20(24)15-6-11-19(22-13-15)27-17-7-9-18(10-8-17)28(2,25)26/h4-14H,3H2,1-2H3. The van der Waals surface area contributed by atoms with Gasteiger partial charge in [0.15, 0.2) is 9.84 Å².